The Balaban J connectivity index is 2.89. The Morgan fingerprint density at radius 2 is 1.35 bits per heavy atom. The molecule has 0 heterocycles. The normalized spacial score (nSPS) is 11.3. The van der Waals surface area contributed by atoms with E-state index >= 15 is 0 Å². The van der Waals surface area contributed by atoms with Crippen LogP contribution in [0.1, 0.15) is 58.8 Å². The molecule has 0 fully saturated rings. The van der Waals surface area contributed by atoms with E-state index in [2.05, 4.69) is 24.5 Å². The van der Waals surface area contributed by atoms with Gasteiger partial charge >= 0.3 is 0 Å². The van der Waals surface area contributed by atoms with E-state index < -0.39 is 0 Å². The van der Waals surface area contributed by atoms with Gasteiger partial charge in [0.05, 0.1) is 0 Å². The van der Waals surface area contributed by atoms with Crippen LogP contribution in [0, 0.1) is 0 Å². The minimum Gasteiger partial charge on any atom is -0.330 e. The summed E-state index contributed by atoms with van der Waals surface area (Å²) in [6.45, 7) is 8.69. The summed E-state index contributed by atoms with van der Waals surface area (Å²) in [5, 5.41) is 6.93. The standard InChI is InChI=1S/C14H33N3/c1-14(2)17-13-9-12-16-11-8-6-4-3-5-7-10-15/h14,16-17H,3-13,15H2,1-2H3. The smallest absolute Gasteiger partial charge is 0.00103 e. The van der Waals surface area contributed by atoms with Crippen LogP contribution in [-0.4, -0.2) is 32.2 Å². The molecule has 0 aliphatic rings. The van der Waals surface area contributed by atoms with Gasteiger partial charge < -0.3 is 16.4 Å². The first-order valence-corrected chi connectivity index (χ1v) is 7.41. The van der Waals surface area contributed by atoms with Crippen LogP contribution in [-0.2, 0) is 0 Å². The first kappa shape index (κ1) is 16.9. The van der Waals surface area contributed by atoms with E-state index in [0.717, 1.165) is 19.6 Å². The van der Waals surface area contributed by atoms with Gasteiger partial charge in [0.25, 0.3) is 0 Å². The van der Waals surface area contributed by atoms with Gasteiger partial charge in [-0.3, -0.25) is 0 Å². The summed E-state index contributed by atoms with van der Waals surface area (Å²) in [6.07, 6.45) is 9.15. The molecule has 0 aliphatic heterocycles. The molecule has 0 aliphatic carbocycles. The van der Waals surface area contributed by atoms with Gasteiger partial charge in [0.15, 0.2) is 0 Å². The van der Waals surface area contributed by atoms with Gasteiger partial charge in [0.1, 0.15) is 0 Å². The zero-order valence-electron chi connectivity index (χ0n) is 11.9. The maximum atomic E-state index is 5.45. The third-order valence-corrected chi connectivity index (χ3v) is 2.89. The molecule has 0 spiro atoms. The first-order valence-electron chi connectivity index (χ1n) is 7.41. The molecule has 0 aromatic heterocycles. The second-order valence-electron chi connectivity index (χ2n) is 5.12. The van der Waals surface area contributed by atoms with Gasteiger partial charge in [0, 0.05) is 6.04 Å². The predicted octanol–water partition coefficient (Wildman–Crippen LogP) is 2.26. The van der Waals surface area contributed by atoms with E-state index in [0.29, 0.717) is 6.04 Å². The Kier molecular flexibility index (Phi) is 13.8. The zero-order chi connectivity index (χ0) is 12.8. The Hall–Kier alpha value is -0.120. The van der Waals surface area contributed by atoms with E-state index in [1.54, 1.807) is 0 Å². The Labute approximate surface area is 108 Å². The van der Waals surface area contributed by atoms with Crippen molar-refractivity contribution in [2.75, 3.05) is 26.2 Å². The number of unbranched alkanes of at least 4 members (excludes halogenated alkanes) is 5. The van der Waals surface area contributed by atoms with Crippen LogP contribution in [0.3, 0.4) is 0 Å². The SMILES string of the molecule is CC(C)NCCCNCCCCCCCCN. The molecule has 0 aromatic rings. The van der Waals surface area contributed by atoms with Gasteiger partial charge in [-0.25, -0.2) is 0 Å². The second-order valence-corrected chi connectivity index (χ2v) is 5.12. The highest BCUT2D eigenvalue weighted by Gasteiger charge is 1.93. The van der Waals surface area contributed by atoms with Crippen molar-refractivity contribution in [3.63, 3.8) is 0 Å². The minimum absolute atomic E-state index is 0.614. The van der Waals surface area contributed by atoms with Crippen LogP contribution in [0.15, 0.2) is 0 Å². The van der Waals surface area contributed by atoms with Crippen molar-refractivity contribution in [3.05, 3.63) is 0 Å². The van der Waals surface area contributed by atoms with Crippen molar-refractivity contribution < 1.29 is 0 Å². The summed E-state index contributed by atoms with van der Waals surface area (Å²) in [5.74, 6) is 0. The molecule has 0 saturated heterocycles. The summed E-state index contributed by atoms with van der Waals surface area (Å²) >= 11 is 0. The molecule has 0 bridgehead atoms. The molecule has 0 unspecified atom stereocenters. The topological polar surface area (TPSA) is 50.1 Å². The molecule has 0 radical (unpaired) electrons. The van der Waals surface area contributed by atoms with Crippen LogP contribution < -0.4 is 16.4 Å². The molecule has 0 amide bonds. The molecule has 17 heavy (non-hydrogen) atoms. The highest BCUT2D eigenvalue weighted by atomic mass is 14.9. The van der Waals surface area contributed by atoms with Gasteiger partial charge in [-0.2, -0.15) is 0 Å². The van der Waals surface area contributed by atoms with E-state index in [-0.39, 0.29) is 0 Å². The molecule has 0 atom stereocenters. The van der Waals surface area contributed by atoms with E-state index in [4.69, 9.17) is 5.73 Å². The summed E-state index contributed by atoms with van der Waals surface area (Å²) in [7, 11) is 0. The van der Waals surface area contributed by atoms with Crippen LogP contribution in [0.5, 0.6) is 0 Å². The highest BCUT2D eigenvalue weighted by Crippen LogP contribution is 2.03. The molecule has 3 heteroatoms. The molecule has 0 aromatic carbocycles. The van der Waals surface area contributed by atoms with E-state index in [9.17, 15) is 0 Å². The number of nitrogens with one attached hydrogen (secondary N) is 2. The minimum atomic E-state index is 0.614. The van der Waals surface area contributed by atoms with Crippen molar-refractivity contribution >= 4 is 0 Å². The second kappa shape index (κ2) is 13.9. The Morgan fingerprint density at radius 1 is 0.765 bits per heavy atom. The summed E-state index contributed by atoms with van der Waals surface area (Å²) in [4.78, 5) is 0. The van der Waals surface area contributed by atoms with Gasteiger partial charge in [0.2, 0.25) is 0 Å². The van der Waals surface area contributed by atoms with Gasteiger partial charge in [-0.1, -0.05) is 39.5 Å². The van der Waals surface area contributed by atoms with Crippen LogP contribution in [0.2, 0.25) is 0 Å². The third kappa shape index (κ3) is 15.9. The third-order valence-electron chi connectivity index (χ3n) is 2.89. The van der Waals surface area contributed by atoms with E-state index in [1.165, 1.54) is 51.5 Å². The average molecular weight is 243 g/mol. The number of hydrogen-bond acceptors (Lipinski definition) is 3. The van der Waals surface area contributed by atoms with Crippen molar-refractivity contribution in [2.45, 2.75) is 64.8 Å². The average Bonchev–Trinajstić information content (AvgIpc) is 2.30. The monoisotopic (exact) mass is 243 g/mol. The quantitative estimate of drug-likeness (QED) is 0.435. The fourth-order valence-electron chi connectivity index (χ4n) is 1.83. The van der Waals surface area contributed by atoms with Crippen LogP contribution in [0.4, 0.5) is 0 Å². The van der Waals surface area contributed by atoms with Crippen molar-refractivity contribution in [1.82, 2.24) is 10.6 Å². The first-order chi connectivity index (χ1) is 8.27. The molecule has 3 nitrogen and oxygen atoms in total. The lowest BCUT2D eigenvalue weighted by molar-refractivity contribution is 0.531. The largest absolute Gasteiger partial charge is 0.330 e. The molecule has 4 N–H and O–H groups in total. The predicted molar refractivity (Wildman–Crippen MR) is 77.4 cm³/mol. The molecule has 0 saturated carbocycles. The Morgan fingerprint density at radius 3 is 2.00 bits per heavy atom. The molecular formula is C14H33N3. The summed E-state index contributed by atoms with van der Waals surface area (Å²) < 4.78 is 0. The van der Waals surface area contributed by atoms with Crippen molar-refractivity contribution in [3.8, 4) is 0 Å². The van der Waals surface area contributed by atoms with Crippen molar-refractivity contribution in [1.29, 1.82) is 0 Å². The van der Waals surface area contributed by atoms with Crippen LogP contribution in [0.25, 0.3) is 0 Å². The van der Waals surface area contributed by atoms with Crippen molar-refractivity contribution in [2.24, 2.45) is 5.73 Å². The molecular weight excluding hydrogens is 210 g/mol. The lowest BCUT2D eigenvalue weighted by Crippen LogP contribution is -2.27. The molecule has 0 rings (SSSR count). The highest BCUT2D eigenvalue weighted by molar-refractivity contribution is 4.55. The number of nitrogens with two attached hydrogens (primary N) is 1. The Bertz CT molecular complexity index is 137. The fourth-order valence-corrected chi connectivity index (χ4v) is 1.83. The summed E-state index contributed by atoms with van der Waals surface area (Å²) in [6, 6.07) is 0.614. The van der Waals surface area contributed by atoms with Gasteiger partial charge in [-0.15, -0.1) is 0 Å². The fraction of sp³-hybridized carbons (Fsp3) is 1.00. The summed E-state index contributed by atoms with van der Waals surface area (Å²) in [5.41, 5.74) is 5.45. The molecule has 104 valence electrons. The number of hydrogen-bond donors (Lipinski definition) is 3. The lowest BCUT2D eigenvalue weighted by Gasteiger charge is -2.08. The lowest BCUT2D eigenvalue weighted by atomic mass is 10.1. The maximum absolute atomic E-state index is 5.45. The zero-order valence-corrected chi connectivity index (χ0v) is 11.9. The maximum Gasteiger partial charge on any atom is 0.00103 e. The van der Waals surface area contributed by atoms with Gasteiger partial charge in [-0.05, 0) is 45.4 Å². The number of rotatable bonds is 13. The van der Waals surface area contributed by atoms with E-state index in [1.807, 2.05) is 0 Å². The van der Waals surface area contributed by atoms with Crippen LogP contribution >= 0.6 is 0 Å².